The molecule has 0 saturated carbocycles. The summed E-state index contributed by atoms with van der Waals surface area (Å²) < 4.78 is 6.89. The molecular formula is C24H22N4O3S2. The summed E-state index contributed by atoms with van der Waals surface area (Å²) in [4.78, 5) is 29.2. The van der Waals surface area contributed by atoms with Gasteiger partial charge in [-0.15, -0.1) is 11.3 Å². The summed E-state index contributed by atoms with van der Waals surface area (Å²) in [5.74, 6) is 0.851. The van der Waals surface area contributed by atoms with Gasteiger partial charge in [0, 0.05) is 23.1 Å². The lowest BCUT2D eigenvalue weighted by Gasteiger charge is -2.08. The van der Waals surface area contributed by atoms with Crippen molar-refractivity contribution in [2.45, 2.75) is 11.3 Å². The van der Waals surface area contributed by atoms with Gasteiger partial charge < -0.3 is 20.7 Å². The number of nitrogens with zero attached hydrogens (tertiary/aromatic N) is 1. The normalized spacial score (nSPS) is 10.6. The van der Waals surface area contributed by atoms with Gasteiger partial charge in [-0.3, -0.25) is 4.79 Å². The van der Waals surface area contributed by atoms with E-state index in [1.807, 2.05) is 49.4 Å². The molecule has 1 aromatic heterocycles. The van der Waals surface area contributed by atoms with Crippen molar-refractivity contribution in [2.24, 2.45) is 0 Å². The van der Waals surface area contributed by atoms with E-state index >= 15 is 0 Å². The van der Waals surface area contributed by atoms with Gasteiger partial charge >= 0.3 is 6.03 Å². The summed E-state index contributed by atoms with van der Waals surface area (Å²) in [5, 5.41) is 8.54. The molecule has 9 heteroatoms. The van der Waals surface area contributed by atoms with Crippen molar-refractivity contribution in [3.05, 3.63) is 72.3 Å². The maximum Gasteiger partial charge on any atom is 0.323 e. The summed E-state index contributed by atoms with van der Waals surface area (Å²) in [6.07, 6.45) is 0. The first-order valence-corrected chi connectivity index (χ1v) is 11.9. The molecule has 0 fully saturated rings. The van der Waals surface area contributed by atoms with Crippen LogP contribution >= 0.6 is 23.1 Å². The topological polar surface area (TPSA) is 92.3 Å². The van der Waals surface area contributed by atoms with Crippen LogP contribution in [0.5, 0.6) is 5.75 Å². The first-order chi connectivity index (χ1) is 16.0. The summed E-state index contributed by atoms with van der Waals surface area (Å²) in [6.45, 7) is 1.96. The number of anilines is 3. The summed E-state index contributed by atoms with van der Waals surface area (Å²) in [7, 11) is 1.58. The highest BCUT2D eigenvalue weighted by Crippen LogP contribution is 2.31. The predicted molar refractivity (Wildman–Crippen MR) is 136 cm³/mol. The Morgan fingerprint density at radius 2 is 1.76 bits per heavy atom. The number of hydrogen-bond acceptors (Lipinski definition) is 6. The Morgan fingerprint density at radius 1 is 0.970 bits per heavy atom. The fourth-order valence-electron chi connectivity index (χ4n) is 3.06. The number of carbonyl (C=O) groups excluding carboxylic acids is 2. The number of hydrogen-bond donors (Lipinski definition) is 3. The number of methoxy groups -OCH3 is 1. The number of benzene rings is 3. The minimum absolute atomic E-state index is 0.0786. The van der Waals surface area contributed by atoms with Crippen LogP contribution in [0, 0.1) is 6.92 Å². The third kappa shape index (κ3) is 6.03. The molecule has 0 aliphatic carbocycles. The third-order valence-electron chi connectivity index (χ3n) is 4.70. The zero-order valence-corrected chi connectivity index (χ0v) is 19.7. The van der Waals surface area contributed by atoms with Crippen molar-refractivity contribution in [2.75, 3.05) is 28.8 Å². The van der Waals surface area contributed by atoms with Crippen molar-refractivity contribution in [1.82, 2.24) is 4.98 Å². The first kappa shape index (κ1) is 22.6. The molecule has 3 N–H and O–H groups in total. The number of ether oxygens (including phenoxy) is 1. The van der Waals surface area contributed by atoms with Gasteiger partial charge in [0.2, 0.25) is 5.91 Å². The molecule has 0 aliphatic rings. The van der Waals surface area contributed by atoms with Crippen LogP contribution in [0.15, 0.2) is 71.1 Å². The van der Waals surface area contributed by atoms with E-state index in [0.29, 0.717) is 17.1 Å². The minimum Gasteiger partial charge on any atom is -0.497 e. The van der Waals surface area contributed by atoms with Gasteiger partial charge in [0.05, 0.1) is 23.1 Å². The van der Waals surface area contributed by atoms with Crippen molar-refractivity contribution in [1.29, 1.82) is 0 Å². The average Bonchev–Trinajstić information content (AvgIpc) is 3.21. The molecule has 0 unspecified atom stereocenters. The van der Waals surface area contributed by atoms with Crippen LogP contribution < -0.4 is 20.7 Å². The van der Waals surface area contributed by atoms with Gasteiger partial charge in [0.15, 0.2) is 4.34 Å². The molecule has 4 rings (SSSR count). The largest absolute Gasteiger partial charge is 0.497 e. The number of carbonyl (C=O) groups is 2. The monoisotopic (exact) mass is 478 g/mol. The van der Waals surface area contributed by atoms with Crippen LogP contribution in [0.4, 0.5) is 21.9 Å². The number of aryl methyl sites for hydroxylation is 1. The van der Waals surface area contributed by atoms with E-state index in [-0.39, 0.29) is 17.7 Å². The Balaban J connectivity index is 1.35. The fourth-order valence-corrected chi connectivity index (χ4v) is 4.97. The number of amides is 3. The standard InChI is InChI=1S/C24H22N4O3S2/c1-15-6-3-4-9-19(15)27-22(29)14-32-24-28-20-11-10-17(13-21(20)33-24)26-23(30)25-16-7-5-8-18(12-16)31-2/h3-13H,14H2,1-2H3,(H,27,29)(H2,25,26,30). The second-order valence-electron chi connectivity index (χ2n) is 7.13. The van der Waals surface area contributed by atoms with Gasteiger partial charge in [0.25, 0.3) is 0 Å². The van der Waals surface area contributed by atoms with Gasteiger partial charge in [-0.2, -0.15) is 0 Å². The minimum atomic E-state index is -0.352. The summed E-state index contributed by atoms with van der Waals surface area (Å²) in [5.41, 5.74) is 3.94. The lowest BCUT2D eigenvalue weighted by atomic mass is 10.2. The van der Waals surface area contributed by atoms with Crippen LogP contribution in [0.3, 0.4) is 0 Å². The zero-order valence-electron chi connectivity index (χ0n) is 18.0. The molecule has 3 amide bonds. The van der Waals surface area contributed by atoms with Crippen LogP contribution in [-0.2, 0) is 4.79 Å². The smallest absolute Gasteiger partial charge is 0.323 e. The molecule has 33 heavy (non-hydrogen) atoms. The molecular weight excluding hydrogens is 456 g/mol. The van der Waals surface area contributed by atoms with E-state index in [9.17, 15) is 9.59 Å². The number of fused-ring (bicyclic) bond motifs is 1. The number of thiazole rings is 1. The Morgan fingerprint density at radius 3 is 2.55 bits per heavy atom. The van der Waals surface area contributed by atoms with E-state index in [4.69, 9.17) is 4.74 Å². The quantitative estimate of drug-likeness (QED) is 0.284. The molecule has 0 saturated heterocycles. The van der Waals surface area contributed by atoms with E-state index in [1.54, 1.807) is 31.4 Å². The highest BCUT2D eigenvalue weighted by Gasteiger charge is 2.11. The van der Waals surface area contributed by atoms with E-state index < -0.39 is 0 Å². The third-order valence-corrected chi connectivity index (χ3v) is 6.86. The van der Waals surface area contributed by atoms with Crippen molar-refractivity contribution >= 4 is 62.3 Å². The number of thioether (sulfide) groups is 1. The van der Waals surface area contributed by atoms with Crippen LogP contribution in [-0.4, -0.2) is 29.8 Å². The number of urea groups is 1. The zero-order chi connectivity index (χ0) is 23.2. The van der Waals surface area contributed by atoms with Crippen LogP contribution in [0.2, 0.25) is 0 Å². The SMILES string of the molecule is COc1cccc(NC(=O)Nc2ccc3nc(SCC(=O)Nc4ccccc4C)sc3c2)c1. The van der Waals surface area contributed by atoms with Gasteiger partial charge in [-0.05, 0) is 48.9 Å². The molecule has 0 bridgehead atoms. The maximum atomic E-state index is 12.4. The second kappa shape index (κ2) is 10.4. The number of aromatic nitrogens is 1. The maximum absolute atomic E-state index is 12.4. The first-order valence-electron chi connectivity index (χ1n) is 10.1. The van der Waals surface area contributed by atoms with Crippen LogP contribution in [0.25, 0.3) is 10.2 Å². The van der Waals surface area contributed by atoms with Crippen LogP contribution in [0.1, 0.15) is 5.56 Å². The molecule has 0 radical (unpaired) electrons. The van der Waals surface area contributed by atoms with Gasteiger partial charge in [0.1, 0.15) is 5.75 Å². The molecule has 1 heterocycles. The van der Waals surface area contributed by atoms with Crippen molar-refractivity contribution in [3.63, 3.8) is 0 Å². The Bertz CT molecular complexity index is 1310. The van der Waals surface area contributed by atoms with E-state index in [1.165, 1.54) is 23.1 Å². The molecule has 0 atom stereocenters. The Kier molecular flexibility index (Phi) is 7.11. The number of rotatable bonds is 7. The number of nitrogens with one attached hydrogen (secondary N) is 3. The van der Waals surface area contributed by atoms with E-state index in [0.717, 1.165) is 25.8 Å². The summed E-state index contributed by atoms with van der Waals surface area (Å²) >= 11 is 2.87. The van der Waals surface area contributed by atoms with Crippen molar-refractivity contribution < 1.29 is 14.3 Å². The molecule has 4 aromatic rings. The highest BCUT2D eigenvalue weighted by molar-refractivity contribution is 8.01. The molecule has 3 aromatic carbocycles. The summed E-state index contributed by atoms with van der Waals surface area (Å²) in [6, 6.07) is 20.0. The number of para-hydroxylation sites is 1. The van der Waals surface area contributed by atoms with Crippen molar-refractivity contribution in [3.8, 4) is 5.75 Å². The molecule has 0 aliphatic heterocycles. The molecule has 7 nitrogen and oxygen atoms in total. The Hall–Kier alpha value is -3.56. The second-order valence-corrected chi connectivity index (χ2v) is 9.38. The fraction of sp³-hybridized carbons (Fsp3) is 0.125. The van der Waals surface area contributed by atoms with Gasteiger partial charge in [-0.1, -0.05) is 36.0 Å². The lowest BCUT2D eigenvalue weighted by molar-refractivity contribution is -0.113. The van der Waals surface area contributed by atoms with Gasteiger partial charge in [-0.25, -0.2) is 9.78 Å². The average molecular weight is 479 g/mol. The lowest BCUT2D eigenvalue weighted by Crippen LogP contribution is -2.19. The Labute approximate surface area is 199 Å². The highest BCUT2D eigenvalue weighted by atomic mass is 32.2. The molecule has 168 valence electrons. The predicted octanol–water partition coefficient (Wildman–Crippen LogP) is 5.99. The van der Waals surface area contributed by atoms with E-state index in [2.05, 4.69) is 20.9 Å². The molecule has 0 spiro atoms.